The van der Waals surface area contributed by atoms with Gasteiger partial charge in [0, 0.05) is 19.8 Å². The van der Waals surface area contributed by atoms with E-state index in [9.17, 15) is 8.42 Å². The van der Waals surface area contributed by atoms with Crippen LogP contribution in [0.15, 0.2) is 24.3 Å². The SMILES string of the molecule is CN(C)S(=O)(=O)Cc1cccc(N)c1. The van der Waals surface area contributed by atoms with Crippen LogP contribution in [0.25, 0.3) is 0 Å². The van der Waals surface area contributed by atoms with Gasteiger partial charge < -0.3 is 5.73 Å². The molecule has 0 atom stereocenters. The predicted molar refractivity (Wildman–Crippen MR) is 57.2 cm³/mol. The lowest BCUT2D eigenvalue weighted by atomic mass is 10.2. The van der Waals surface area contributed by atoms with Gasteiger partial charge in [0.05, 0.1) is 5.75 Å². The minimum absolute atomic E-state index is 0.00889. The Labute approximate surface area is 84.4 Å². The second kappa shape index (κ2) is 3.98. The summed E-state index contributed by atoms with van der Waals surface area (Å²) in [6.45, 7) is 0. The molecule has 4 nitrogen and oxygen atoms in total. The molecule has 78 valence electrons. The normalized spacial score (nSPS) is 11.9. The minimum Gasteiger partial charge on any atom is -0.399 e. The van der Waals surface area contributed by atoms with Gasteiger partial charge in [-0.15, -0.1) is 0 Å². The zero-order valence-electron chi connectivity index (χ0n) is 8.27. The van der Waals surface area contributed by atoms with Crippen LogP contribution in [-0.2, 0) is 15.8 Å². The fourth-order valence-electron chi connectivity index (χ4n) is 1.02. The van der Waals surface area contributed by atoms with Gasteiger partial charge in [-0.2, -0.15) is 0 Å². The van der Waals surface area contributed by atoms with Crippen LogP contribution in [0.3, 0.4) is 0 Å². The molecule has 5 heteroatoms. The quantitative estimate of drug-likeness (QED) is 0.752. The van der Waals surface area contributed by atoms with Crippen molar-refractivity contribution in [1.29, 1.82) is 0 Å². The molecule has 14 heavy (non-hydrogen) atoms. The summed E-state index contributed by atoms with van der Waals surface area (Å²) in [7, 11) is -0.159. The number of nitrogens with zero attached hydrogens (tertiary/aromatic N) is 1. The van der Waals surface area contributed by atoms with Crippen molar-refractivity contribution in [3.8, 4) is 0 Å². The number of benzene rings is 1. The third-order valence-electron chi connectivity index (χ3n) is 1.86. The second-order valence-corrected chi connectivity index (χ2v) is 5.47. The molecule has 1 aromatic rings. The first-order valence-electron chi connectivity index (χ1n) is 4.16. The lowest BCUT2D eigenvalue weighted by Gasteiger charge is -2.11. The molecule has 0 heterocycles. The van der Waals surface area contributed by atoms with Gasteiger partial charge in [0.15, 0.2) is 0 Å². The second-order valence-electron chi connectivity index (χ2n) is 3.28. The maximum absolute atomic E-state index is 11.5. The molecule has 2 N–H and O–H groups in total. The molecule has 0 aromatic heterocycles. The van der Waals surface area contributed by atoms with Crippen LogP contribution in [0.2, 0.25) is 0 Å². The van der Waals surface area contributed by atoms with Gasteiger partial charge in [-0.3, -0.25) is 0 Å². The van der Waals surface area contributed by atoms with Crippen LogP contribution in [0.4, 0.5) is 5.69 Å². The first-order chi connectivity index (χ1) is 6.42. The van der Waals surface area contributed by atoms with Crippen molar-refractivity contribution >= 4 is 15.7 Å². The molecule has 1 rings (SSSR count). The largest absolute Gasteiger partial charge is 0.399 e. The maximum atomic E-state index is 11.5. The standard InChI is InChI=1S/C9H14N2O2S/c1-11(2)14(12,13)7-8-4-3-5-9(10)6-8/h3-6H,7,10H2,1-2H3. The van der Waals surface area contributed by atoms with Crippen molar-refractivity contribution < 1.29 is 8.42 Å². The minimum atomic E-state index is -3.19. The third-order valence-corrected chi connectivity index (χ3v) is 3.67. The number of nitrogens with two attached hydrogens (primary N) is 1. The summed E-state index contributed by atoms with van der Waals surface area (Å²) in [6.07, 6.45) is 0. The highest BCUT2D eigenvalue weighted by atomic mass is 32.2. The molecular weight excluding hydrogens is 200 g/mol. The molecule has 0 unspecified atom stereocenters. The van der Waals surface area contributed by atoms with E-state index < -0.39 is 10.0 Å². The summed E-state index contributed by atoms with van der Waals surface area (Å²) in [5.41, 5.74) is 6.83. The zero-order valence-corrected chi connectivity index (χ0v) is 9.08. The average Bonchev–Trinajstić information content (AvgIpc) is 2.02. The lowest BCUT2D eigenvalue weighted by molar-refractivity contribution is 0.520. The van der Waals surface area contributed by atoms with Crippen LogP contribution in [0.1, 0.15) is 5.56 Å². The molecular formula is C9H14N2O2S. The highest BCUT2D eigenvalue weighted by molar-refractivity contribution is 7.88. The smallest absolute Gasteiger partial charge is 0.217 e. The number of anilines is 1. The maximum Gasteiger partial charge on any atom is 0.217 e. The van der Waals surface area contributed by atoms with Gasteiger partial charge in [-0.1, -0.05) is 12.1 Å². The van der Waals surface area contributed by atoms with E-state index in [1.165, 1.54) is 18.4 Å². The summed E-state index contributed by atoms with van der Waals surface area (Å²) in [5, 5.41) is 0. The molecule has 0 bridgehead atoms. The number of hydrogen-bond acceptors (Lipinski definition) is 3. The van der Waals surface area contributed by atoms with Gasteiger partial charge in [0.25, 0.3) is 0 Å². The fourth-order valence-corrected chi connectivity index (χ4v) is 1.88. The highest BCUT2D eigenvalue weighted by Gasteiger charge is 2.14. The van der Waals surface area contributed by atoms with Gasteiger partial charge in [0.1, 0.15) is 0 Å². The summed E-state index contributed by atoms with van der Waals surface area (Å²) in [5.74, 6) is -0.00889. The summed E-state index contributed by atoms with van der Waals surface area (Å²) >= 11 is 0. The average molecular weight is 214 g/mol. The van der Waals surface area contributed by atoms with Gasteiger partial charge in [-0.25, -0.2) is 12.7 Å². The van der Waals surface area contributed by atoms with Crippen molar-refractivity contribution in [2.24, 2.45) is 0 Å². The summed E-state index contributed by atoms with van der Waals surface area (Å²) < 4.78 is 24.2. The Kier molecular flexibility index (Phi) is 3.13. The number of rotatable bonds is 3. The highest BCUT2D eigenvalue weighted by Crippen LogP contribution is 2.11. The van der Waals surface area contributed by atoms with Gasteiger partial charge in [0.2, 0.25) is 10.0 Å². The molecule has 0 aliphatic heterocycles. The van der Waals surface area contributed by atoms with Gasteiger partial charge in [-0.05, 0) is 17.7 Å². The van der Waals surface area contributed by atoms with Crippen LogP contribution in [-0.4, -0.2) is 26.8 Å². The monoisotopic (exact) mass is 214 g/mol. The number of sulfonamides is 1. The van der Waals surface area contributed by atoms with Crippen molar-refractivity contribution in [3.63, 3.8) is 0 Å². The molecule has 0 aliphatic carbocycles. The molecule has 0 radical (unpaired) electrons. The van der Waals surface area contributed by atoms with Crippen molar-refractivity contribution in [1.82, 2.24) is 4.31 Å². The Morgan fingerprint density at radius 2 is 2.00 bits per heavy atom. The molecule has 0 amide bonds. The van der Waals surface area contributed by atoms with E-state index in [-0.39, 0.29) is 5.75 Å². The lowest BCUT2D eigenvalue weighted by Crippen LogP contribution is -2.23. The van der Waals surface area contributed by atoms with E-state index in [4.69, 9.17) is 5.73 Å². The third kappa shape index (κ3) is 2.71. The van der Waals surface area contributed by atoms with E-state index in [2.05, 4.69) is 0 Å². The molecule has 0 aliphatic rings. The van der Waals surface area contributed by atoms with E-state index >= 15 is 0 Å². The van der Waals surface area contributed by atoms with Crippen LogP contribution in [0, 0.1) is 0 Å². The summed E-state index contributed by atoms with van der Waals surface area (Å²) in [4.78, 5) is 0. The first kappa shape index (κ1) is 11.0. The summed E-state index contributed by atoms with van der Waals surface area (Å²) in [6, 6.07) is 6.89. The van der Waals surface area contributed by atoms with E-state index in [0.29, 0.717) is 11.3 Å². The Morgan fingerprint density at radius 3 is 2.50 bits per heavy atom. The first-order valence-corrected chi connectivity index (χ1v) is 5.77. The zero-order chi connectivity index (χ0) is 10.8. The van der Waals surface area contributed by atoms with Crippen LogP contribution >= 0.6 is 0 Å². The Balaban J connectivity index is 2.90. The van der Waals surface area contributed by atoms with Crippen molar-refractivity contribution in [2.45, 2.75) is 5.75 Å². The molecule has 0 saturated carbocycles. The van der Waals surface area contributed by atoms with E-state index in [1.807, 2.05) is 0 Å². The van der Waals surface area contributed by atoms with E-state index in [0.717, 1.165) is 0 Å². The number of nitrogen functional groups attached to an aromatic ring is 1. The molecule has 0 saturated heterocycles. The van der Waals surface area contributed by atoms with Gasteiger partial charge >= 0.3 is 0 Å². The molecule has 0 spiro atoms. The molecule has 0 fully saturated rings. The molecule has 1 aromatic carbocycles. The topological polar surface area (TPSA) is 63.4 Å². The van der Waals surface area contributed by atoms with Crippen LogP contribution < -0.4 is 5.73 Å². The van der Waals surface area contributed by atoms with E-state index in [1.54, 1.807) is 24.3 Å². The Morgan fingerprint density at radius 1 is 1.36 bits per heavy atom. The predicted octanol–water partition coefficient (Wildman–Crippen LogP) is 0.660. The fraction of sp³-hybridized carbons (Fsp3) is 0.333. The Bertz CT molecular complexity index is 413. The van der Waals surface area contributed by atoms with Crippen molar-refractivity contribution in [3.05, 3.63) is 29.8 Å². The van der Waals surface area contributed by atoms with Crippen LogP contribution in [0.5, 0.6) is 0 Å². The Hall–Kier alpha value is -1.07. The van der Waals surface area contributed by atoms with Crippen molar-refractivity contribution in [2.75, 3.05) is 19.8 Å². The number of hydrogen-bond donors (Lipinski definition) is 1.